The number of aliphatic hydroxyl groups is 2. The fourth-order valence-electron chi connectivity index (χ4n) is 4.56. The van der Waals surface area contributed by atoms with Gasteiger partial charge in [0.25, 0.3) is 0 Å². The highest BCUT2D eigenvalue weighted by molar-refractivity contribution is 5.83. The lowest BCUT2D eigenvalue weighted by Gasteiger charge is -2.27. The van der Waals surface area contributed by atoms with E-state index >= 15 is 0 Å². The molecule has 0 bridgehead atoms. The molecule has 1 aliphatic heterocycles. The monoisotopic (exact) mass is 637 g/mol. The van der Waals surface area contributed by atoms with E-state index < -0.39 is 35.9 Å². The van der Waals surface area contributed by atoms with Crippen LogP contribution >= 0.6 is 0 Å². The molecule has 0 spiro atoms. The number of alkyl halides is 3. The van der Waals surface area contributed by atoms with Gasteiger partial charge < -0.3 is 25.2 Å². The Balaban J connectivity index is 0.000000477. The Hall–Kier alpha value is -4.33. The van der Waals surface area contributed by atoms with Gasteiger partial charge in [0.2, 0.25) is 0 Å². The molecule has 0 saturated carbocycles. The van der Waals surface area contributed by atoms with Gasteiger partial charge >= 0.3 is 18.1 Å². The van der Waals surface area contributed by atoms with Crippen molar-refractivity contribution in [2.75, 3.05) is 19.6 Å². The van der Waals surface area contributed by atoms with E-state index in [-0.39, 0.29) is 17.6 Å². The Morgan fingerprint density at radius 2 is 1.29 bits per heavy atom. The first-order valence-corrected chi connectivity index (χ1v) is 13.8. The number of carbonyl (C=O) groups is 2. The Labute approximate surface area is 255 Å². The first kappa shape index (κ1) is 35.2. The van der Waals surface area contributed by atoms with E-state index in [1.807, 2.05) is 6.08 Å². The quantitative estimate of drug-likeness (QED) is 0.205. The van der Waals surface area contributed by atoms with E-state index in [4.69, 9.17) is 25.2 Å². The van der Waals surface area contributed by atoms with Gasteiger partial charge in [0.15, 0.2) is 12.2 Å². The minimum absolute atomic E-state index is 0.0371. The smallest absolute Gasteiger partial charge is 0.416 e. The highest BCUT2D eigenvalue weighted by atomic mass is 19.4. The van der Waals surface area contributed by atoms with Gasteiger partial charge in [0.1, 0.15) is 23.1 Å². The number of ether oxygens (including phenoxy) is 1. The van der Waals surface area contributed by atoms with Crippen LogP contribution in [0, 0.1) is 11.6 Å². The molecule has 0 aliphatic carbocycles. The predicted molar refractivity (Wildman–Crippen MR) is 152 cm³/mol. The molecule has 0 saturated heterocycles. The van der Waals surface area contributed by atoms with Crippen molar-refractivity contribution in [3.63, 3.8) is 0 Å². The van der Waals surface area contributed by atoms with Gasteiger partial charge in [-0.1, -0.05) is 24.3 Å². The zero-order valence-corrected chi connectivity index (χ0v) is 23.8. The van der Waals surface area contributed by atoms with Gasteiger partial charge in [-0.25, -0.2) is 18.4 Å². The standard InChI is InChI=1S/C28H26F5NO.C4H6O6/c29-23-9-3-20(4-10-23)27(21-5-11-24(30)12-6-21)2-1-17-34-18-15-26(16-19-34)35-25-13-7-22(8-14-25)28(31,32)33;5-1(3(7)8)2(6)4(9)10/h3-15,27H,1-2,16-19H2;1-2,5-6H,(H,7,8)(H,9,10). The number of nitrogens with zero attached hydrogens (tertiary/aromatic N) is 1. The molecule has 1 heterocycles. The average Bonchev–Trinajstić information content (AvgIpc) is 3.00. The molecule has 4 rings (SSSR count). The number of hydrogen-bond donors (Lipinski definition) is 4. The second-order valence-electron chi connectivity index (χ2n) is 10.2. The van der Waals surface area contributed by atoms with E-state index in [1.165, 1.54) is 36.4 Å². The van der Waals surface area contributed by atoms with E-state index in [0.717, 1.165) is 54.9 Å². The SMILES string of the molecule is Fc1ccc(C(CCCN2CC=C(Oc3ccc(C(F)(F)F)cc3)CC2)c2ccc(F)cc2)cc1.O=C(O)C(O)C(O)C(=O)O. The van der Waals surface area contributed by atoms with Gasteiger partial charge in [-0.3, -0.25) is 4.90 Å². The van der Waals surface area contributed by atoms with Crippen molar-refractivity contribution in [3.8, 4) is 5.75 Å². The minimum Gasteiger partial charge on any atom is -0.479 e. The summed E-state index contributed by atoms with van der Waals surface area (Å²) in [6, 6.07) is 17.6. The highest BCUT2D eigenvalue weighted by Crippen LogP contribution is 2.32. The van der Waals surface area contributed by atoms with Crippen LogP contribution in [-0.2, 0) is 15.8 Å². The van der Waals surface area contributed by atoms with Gasteiger partial charge in [0.05, 0.1) is 5.56 Å². The van der Waals surface area contributed by atoms with Crippen LogP contribution in [0.4, 0.5) is 22.0 Å². The fourth-order valence-corrected chi connectivity index (χ4v) is 4.56. The van der Waals surface area contributed by atoms with Crippen LogP contribution in [0.3, 0.4) is 0 Å². The topological polar surface area (TPSA) is 128 Å². The lowest BCUT2D eigenvalue weighted by atomic mass is 9.87. The van der Waals surface area contributed by atoms with Crippen LogP contribution in [0.25, 0.3) is 0 Å². The lowest BCUT2D eigenvalue weighted by Crippen LogP contribution is -2.39. The number of rotatable bonds is 11. The van der Waals surface area contributed by atoms with Crippen LogP contribution in [0.2, 0.25) is 0 Å². The molecular weight excluding hydrogens is 605 g/mol. The molecule has 242 valence electrons. The Morgan fingerprint density at radius 3 is 1.69 bits per heavy atom. The molecule has 0 radical (unpaired) electrons. The van der Waals surface area contributed by atoms with Gasteiger partial charge in [-0.2, -0.15) is 13.2 Å². The minimum atomic E-state index is -4.37. The number of benzene rings is 3. The number of aliphatic hydroxyl groups excluding tert-OH is 2. The number of halogens is 5. The zero-order valence-electron chi connectivity index (χ0n) is 23.8. The van der Waals surface area contributed by atoms with E-state index in [0.29, 0.717) is 18.7 Å². The van der Waals surface area contributed by atoms with E-state index in [9.17, 15) is 31.5 Å². The van der Waals surface area contributed by atoms with Crippen molar-refractivity contribution in [1.29, 1.82) is 0 Å². The lowest BCUT2D eigenvalue weighted by molar-refractivity contribution is -0.165. The van der Waals surface area contributed by atoms with Gasteiger partial charge in [-0.05, 0) is 85.1 Å². The van der Waals surface area contributed by atoms with Crippen molar-refractivity contribution < 1.29 is 56.7 Å². The summed E-state index contributed by atoms with van der Waals surface area (Å²) in [7, 11) is 0. The summed E-state index contributed by atoms with van der Waals surface area (Å²) < 4.78 is 70.7. The molecule has 45 heavy (non-hydrogen) atoms. The summed E-state index contributed by atoms with van der Waals surface area (Å²) in [6.07, 6.45) is -4.56. The molecule has 8 nitrogen and oxygen atoms in total. The Bertz CT molecular complexity index is 1360. The maximum Gasteiger partial charge on any atom is 0.416 e. The average molecular weight is 638 g/mol. The van der Waals surface area contributed by atoms with Crippen LogP contribution in [0.15, 0.2) is 84.6 Å². The third kappa shape index (κ3) is 11.0. The molecule has 3 aromatic carbocycles. The molecular formula is C32H32F5NO7. The maximum absolute atomic E-state index is 13.4. The Morgan fingerprint density at radius 1 is 0.800 bits per heavy atom. The van der Waals surface area contributed by atoms with Crippen molar-refractivity contribution in [1.82, 2.24) is 4.90 Å². The second kappa shape index (κ2) is 16.1. The number of aliphatic carboxylic acids is 2. The third-order valence-corrected chi connectivity index (χ3v) is 7.00. The molecule has 0 amide bonds. The zero-order chi connectivity index (χ0) is 33.1. The maximum atomic E-state index is 13.4. The van der Waals surface area contributed by atoms with Crippen LogP contribution < -0.4 is 4.74 Å². The molecule has 2 unspecified atom stereocenters. The van der Waals surface area contributed by atoms with Crippen molar-refractivity contribution in [3.05, 3.63) is 113 Å². The molecule has 13 heteroatoms. The molecule has 3 aromatic rings. The first-order valence-electron chi connectivity index (χ1n) is 13.8. The highest BCUT2D eigenvalue weighted by Gasteiger charge is 2.30. The van der Waals surface area contributed by atoms with Crippen molar-refractivity contribution in [2.45, 2.75) is 43.6 Å². The van der Waals surface area contributed by atoms with Crippen LogP contribution in [0.5, 0.6) is 5.75 Å². The molecule has 0 aromatic heterocycles. The second-order valence-corrected chi connectivity index (χ2v) is 10.2. The van der Waals surface area contributed by atoms with Crippen LogP contribution in [-0.4, -0.2) is 69.1 Å². The van der Waals surface area contributed by atoms with Gasteiger partial charge in [0, 0.05) is 25.4 Å². The summed E-state index contributed by atoms with van der Waals surface area (Å²) in [6.45, 7) is 2.32. The van der Waals surface area contributed by atoms with Crippen molar-refractivity contribution >= 4 is 11.9 Å². The van der Waals surface area contributed by atoms with Gasteiger partial charge in [-0.15, -0.1) is 0 Å². The summed E-state index contributed by atoms with van der Waals surface area (Å²) in [4.78, 5) is 21.8. The first-order chi connectivity index (χ1) is 21.2. The molecule has 1 aliphatic rings. The Kier molecular flexibility index (Phi) is 12.6. The van der Waals surface area contributed by atoms with Crippen molar-refractivity contribution in [2.24, 2.45) is 0 Å². The van der Waals surface area contributed by atoms with E-state index in [2.05, 4.69) is 4.90 Å². The number of carboxylic acids is 2. The molecule has 0 fully saturated rings. The predicted octanol–water partition coefficient (Wildman–Crippen LogP) is 5.44. The summed E-state index contributed by atoms with van der Waals surface area (Å²) >= 11 is 0. The fraction of sp³-hybridized carbons (Fsp3) is 0.312. The summed E-state index contributed by atoms with van der Waals surface area (Å²) in [5.41, 5.74) is 1.28. The largest absolute Gasteiger partial charge is 0.479 e. The number of hydrogen-bond acceptors (Lipinski definition) is 6. The molecule has 4 N–H and O–H groups in total. The summed E-state index contributed by atoms with van der Waals surface area (Å²) in [5, 5.41) is 32.5. The number of carboxylic acid groups (broad SMARTS) is 2. The van der Waals surface area contributed by atoms with Crippen LogP contribution in [0.1, 0.15) is 41.9 Å². The normalized spacial score (nSPS) is 15.0. The third-order valence-electron chi connectivity index (χ3n) is 7.00. The van der Waals surface area contributed by atoms with E-state index in [1.54, 1.807) is 24.3 Å². The molecule has 2 atom stereocenters. The summed E-state index contributed by atoms with van der Waals surface area (Å²) in [5.74, 6) is -2.95.